The van der Waals surface area contributed by atoms with E-state index in [-0.39, 0.29) is 16.9 Å². The highest BCUT2D eigenvalue weighted by Crippen LogP contribution is 2.19. The predicted molar refractivity (Wildman–Crippen MR) is 154 cm³/mol. The van der Waals surface area contributed by atoms with Crippen molar-refractivity contribution in [1.29, 1.82) is 5.26 Å². The lowest BCUT2D eigenvalue weighted by Gasteiger charge is -2.15. The molecule has 0 heterocycles. The maximum Gasteiger partial charge on any atom is 0.299 e. The van der Waals surface area contributed by atoms with Crippen molar-refractivity contribution >= 4 is 37.0 Å². The van der Waals surface area contributed by atoms with E-state index in [1.54, 1.807) is 10.6 Å². The Bertz CT molecular complexity index is 1610. The number of halogens is 2. The van der Waals surface area contributed by atoms with Gasteiger partial charge in [0, 0.05) is 61.2 Å². The number of ketones is 1. The van der Waals surface area contributed by atoms with Gasteiger partial charge in [0.25, 0.3) is 17.5 Å². The third-order valence-electron chi connectivity index (χ3n) is 3.63. The van der Waals surface area contributed by atoms with Crippen molar-refractivity contribution < 1.29 is 39.6 Å². The summed E-state index contributed by atoms with van der Waals surface area (Å²) in [5.74, 6) is -4.77. The van der Waals surface area contributed by atoms with Gasteiger partial charge in [-0.1, -0.05) is 19.6 Å². The normalized spacial score (nSPS) is 16.8. The van der Waals surface area contributed by atoms with Gasteiger partial charge in [-0.05, 0) is 50.2 Å². The van der Waals surface area contributed by atoms with Gasteiger partial charge in [-0.15, -0.1) is 0 Å². The van der Waals surface area contributed by atoms with Crippen molar-refractivity contribution in [1.82, 2.24) is 10.6 Å². The van der Waals surface area contributed by atoms with E-state index < -0.39 is 76.2 Å². The maximum atomic E-state index is 13.9. The summed E-state index contributed by atoms with van der Waals surface area (Å²) in [6, 6.07) is 6.41. The lowest BCUT2D eigenvalue weighted by atomic mass is 10.1. The van der Waals surface area contributed by atoms with Crippen LogP contribution in [0, 0.1) is 29.2 Å². The van der Waals surface area contributed by atoms with E-state index in [9.17, 15) is 23.2 Å². The van der Waals surface area contributed by atoms with Gasteiger partial charge in [-0.2, -0.15) is 0 Å². The highest BCUT2D eigenvalue weighted by molar-refractivity contribution is 6.83. The molecule has 212 valence electrons. The standard InChI is InChI=1S/C12H14FN3O.C8H9FN2O.C4H9NSi.C3H6O/c1-12(2,15-4)16-8-5-6-9(10(13)7-8)11(17)14-3;1-11-8(12)6-3-2-5(10)4-7(6)9;1-6(2,3)4-5;1-3(2)4/h5-7,16H,1-3H3,(H,14,17);2-4H,10H2,1H3,(H,11,12);1-3H3;1-2H3/i1D3,3D3;1D3;;1D3. The fourth-order valence-corrected chi connectivity index (χ4v) is 1.94. The molecule has 5 N–H and O–H groups in total. The Morgan fingerprint density at radius 3 is 1.85 bits per heavy atom. The fourth-order valence-electron chi connectivity index (χ4n) is 1.94. The zero-order chi connectivity index (χ0) is 41.0. The summed E-state index contributed by atoms with van der Waals surface area (Å²) in [4.78, 5) is 35.8. The summed E-state index contributed by atoms with van der Waals surface area (Å²) in [6.07, 6.45) is 0. The van der Waals surface area contributed by atoms with Crippen LogP contribution in [0.25, 0.3) is 4.85 Å². The molecule has 0 spiro atoms. The largest absolute Gasteiger partial charge is 0.399 e. The molecule has 1 unspecified atom stereocenters. The first-order chi connectivity index (χ1) is 22.6. The van der Waals surface area contributed by atoms with Gasteiger partial charge < -0.3 is 26.5 Å². The highest BCUT2D eigenvalue weighted by Gasteiger charge is 2.22. The molecule has 0 aliphatic carbocycles. The molecule has 12 heteroatoms. The number of benzene rings is 2. The highest BCUT2D eigenvalue weighted by atomic mass is 28.3. The number of rotatable bonds is 4. The van der Waals surface area contributed by atoms with Gasteiger partial charge in [0.1, 0.15) is 17.4 Å². The van der Waals surface area contributed by atoms with Crippen LogP contribution in [0.4, 0.5) is 20.2 Å². The van der Waals surface area contributed by atoms with Crippen molar-refractivity contribution in [3.05, 3.63) is 70.6 Å². The summed E-state index contributed by atoms with van der Waals surface area (Å²) >= 11 is 0. The molecule has 9 nitrogen and oxygen atoms in total. The van der Waals surface area contributed by atoms with Crippen molar-refractivity contribution in [2.45, 2.75) is 52.9 Å². The van der Waals surface area contributed by atoms with E-state index in [1.807, 2.05) is 19.6 Å². The molecular weight excluding hydrogens is 522 g/mol. The summed E-state index contributed by atoms with van der Waals surface area (Å²) in [7, 11) is -1.33. The van der Waals surface area contributed by atoms with Crippen LogP contribution in [0.15, 0.2) is 36.4 Å². The first-order valence-corrected chi connectivity index (χ1v) is 14.2. The van der Waals surface area contributed by atoms with Crippen molar-refractivity contribution in [2.75, 3.05) is 25.0 Å². The quantitative estimate of drug-likeness (QED) is 0.231. The number of carbonyl (C=O) groups excluding carboxylic acids is 3. The third-order valence-corrected chi connectivity index (χ3v) is 4.30. The number of nitrogen functional groups attached to an aromatic ring is 1. The first kappa shape index (κ1) is 19.7. The van der Waals surface area contributed by atoms with Gasteiger partial charge in [0.05, 0.1) is 11.1 Å². The Hall–Kier alpha value is -4.29. The average molecular weight is 573 g/mol. The van der Waals surface area contributed by atoms with Gasteiger partial charge in [0.15, 0.2) is 8.07 Å². The van der Waals surface area contributed by atoms with E-state index in [1.165, 1.54) is 12.1 Å². The number of nitrogens with zero attached hydrogens (tertiary/aromatic N) is 2. The van der Waals surface area contributed by atoms with Crippen LogP contribution in [0.3, 0.4) is 0 Å². The van der Waals surface area contributed by atoms with Crippen LogP contribution in [0.5, 0.6) is 0 Å². The lowest BCUT2D eigenvalue weighted by molar-refractivity contribution is -0.115. The smallest absolute Gasteiger partial charge is 0.299 e. The second-order valence-electron chi connectivity index (χ2n) is 8.57. The maximum absolute atomic E-state index is 13.9. The van der Waals surface area contributed by atoms with Crippen molar-refractivity contribution in [2.24, 2.45) is 0 Å². The monoisotopic (exact) mass is 572 g/mol. The third kappa shape index (κ3) is 17.0. The second kappa shape index (κ2) is 17.3. The predicted octanol–water partition coefficient (Wildman–Crippen LogP) is 5.00. The number of carbonyl (C=O) groups is 3. The second-order valence-corrected chi connectivity index (χ2v) is 13.3. The van der Waals surface area contributed by atoms with Crippen LogP contribution in [0.1, 0.15) is 64.7 Å². The molecule has 0 aliphatic rings. The number of nitrogens with one attached hydrogen (secondary N) is 3. The number of amides is 2. The molecule has 39 heavy (non-hydrogen) atoms. The van der Waals surface area contributed by atoms with Gasteiger partial charge in [0.2, 0.25) is 0 Å². The van der Waals surface area contributed by atoms with Crippen LogP contribution >= 0.6 is 0 Å². The average Bonchev–Trinajstić information content (AvgIpc) is 2.90. The first-order valence-electron chi connectivity index (χ1n) is 16.7. The van der Waals surface area contributed by atoms with Gasteiger partial charge in [-0.25, -0.2) is 20.6 Å². The minimum atomic E-state index is -2.76. The molecule has 0 fully saturated rings. The molecule has 0 saturated heterocycles. The van der Waals surface area contributed by atoms with Crippen molar-refractivity contribution in [3.8, 4) is 5.69 Å². The Morgan fingerprint density at radius 2 is 1.51 bits per heavy atom. The molecule has 2 amide bonds. The fraction of sp³-hybridized carbons (Fsp3) is 0.370. The minimum absolute atomic E-state index is 0.0254. The van der Waals surface area contributed by atoms with E-state index in [0.29, 0.717) is 0 Å². The molecule has 0 aromatic heterocycles. The van der Waals surface area contributed by atoms with E-state index in [2.05, 4.69) is 15.9 Å². The topological polar surface area (TPSA) is 141 Å². The number of anilines is 2. The number of hydrogen-bond acceptors (Lipinski definition) is 6. The molecular formula is C27H38F2N6O3Si. The van der Waals surface area contributed by atoms with Gasteiger partial charge in [-0.3, -0.25) is 14.4 Å². The Balaban J connectivity index is 0. The number of hydrogen-bond donors (Lipinski definition) is 4. The molecule has 1 atom stereocenters. The summed E-state index contributed by atoms with van der Waals surface area (Å²) < 4.78 is 109. The number of Topliss-reactive ketones (excluding diaryl/α,β-unsaturated/α-hetero) is 1. The lowest BCUT2D eigenvalue weighted by Crippen LogP contribution is -2.26. The van der Waals surface area contributed by atoms with Crippen LogP contribution in [0.2, 0.25) is 19.6 Å². The van der Waals surface area contributed by atoms with Crippen LogP contribution in [-0.2, 0) is 4.79 Å². The van der Waals surface area contributed by atoms with E-state index >= 15 is 0 Å². The summed E-state index contributed by atoms with van der Waals surface area (Å²) in [5, 5.41) is 13.9. The van der Waals surface area contributed by atoms with Crippen molar-refractivity contribution in [3.63, 3.8) is 0 Å². The minimum Gasteiger partial charge on any atom is -0.399 e. The Labute approximate surface area is 247 Å². The zero-order valence-corrected chi connectivity index (χ0v) is 22.9. The molecule has 2 aromatic carbocycles. The van der Waals surface area contributed by atoms with E-state index in [0.717, 1.165) is 38.1 Å². The Kier molecular flexibility index (Phi) is 8.73. The summed E-state index contributed by atoms with van der Waals surface area (Å²) in [6.45, 7) is 4.81. The number of nitriles is 1. The molecule has 0 saturated carbocycles. The molecule has 2 rings (SSSR count). The Morgan fingerprint density at radius 1 is 1.05 bits per heavy atom. The molecule has 2 aromatic rings. The van der Waals surface area contributed by atoms with Crippen LogP contribution in [-0.4, -0.2) is 45.3 Å². The summed E-state index contributed by atoms with van der Waals surface area (Å²) in [5.41, 5.74) is 4.83. The zero-order valence-electron chi connectivity index (χ0n) is 33.9. The van der Waals surface area contributed by atoms with Gasteiger partial charge >= 0.3 is 0 Å². The molecule has 0 aliphatic heterocycles. The molecule has 0 bridgehead atoms. The van der Waals surface area contributed by atoms with Crippen LogP contribution < -0.4 is 21.7 Å². The number of nitrogens with two attached hydrogens (primary N) is 1. The molecule has 0 radical (unpaired) electrons. The van der Waals surface area contributed by atoms with E-state index in [4.69, 9.17) is 34.0 Å². The SMILES string of the molecule is C[Si](C)(C)C#N.[2H]C([2H])([2H])C(C)=O.[2H]C([2H])([2H])NC(=O)c1ccc(N)cc1F.[2H]C([2H])([2H])NC(=O)c1ccc(NC(C)([N+]#[C-])C([2H])([2H])[2H])cc1F.